The summed E-state index contributed by atoms with van der Waals surface area (Å²) in [5.74, 6) is -0.920. The molecule has 1 unspecified atom stereocenters. The molecule has 1 atom stereocenters. The van der Waals surface area contributed by atoms with E-state index in [1.165, 1.54) is 0 Å². The number of nitrogens with zero attached hydrogens (tertiary/aromatic N) is 2. The summed E-state index contributed by atoms with van der Waals surface area (Å²) in [7, 11) is 0. The second kappa shape index (κ2) is 7.40. The number of fused-ring (bicyclic) bond motifs is 1. The van der Waals surface area contributed by atoms with Crippen LogP contribution in [0.25, 0.3) is 10.9 Å². The average Bonchev–Trinajstić information content (AvgIpc) is 2.96. The number of rotatable bonds is 3. The van der Waals surface area contributed by atoms with Gasteiger partial charge in [-0.1, -0.05) is 17.7 Å². The van der Waals surface area contributed by atoms with Crippen LogP contribution in [0.1, 0.15) is 32.4 Å². The second-order valence-corrected chi connectivity index (χ2v) is 8.11. The molecular formula is C19H24ClN3O4. The maximum Gasteiger partial charge on any atom is 0.410 e. The minimum atomic E-state index is -0.920. The van der Waals surface area contributed by atoms with Crippen molar-refractivity contribution in [3.8, 4) is 0 Å². The van der Waals surface area contributed by atoms with E-state index in [4.69, 9.17) is 16.3 Å². The molecule has 1 aromatic carbocycles. The highest BCUT2D eigenvalue weighted by atomic mass is 35.5. The van der Waals surface area contributed by atoms with Crippen molar-refractivity contribution >= 4 is 34.6 Å². The number of carbonyl (C=O) groups excluding carboxylic acids is 1. The Morgan fingerprint density at radius 1 is 1.22 bits per heavy atom. The number of piperazine rings is 1. The number of aliphatic carboxylic acids is 1. The fraction of sp³-hybridized carbons (Fsp3) is 0.474. The Morgan fingerprint density at radius 2 is 1.89 bits per heavy atom. The van der Waals surface area contributed by atoms with Crippen LogP contribution in [0, 0.1) is 0 Å². The molecule has 7 nitrogen and oxygen atoms in total. The molecule has 1 aromatic heterocycles. The van der Waals surface area contributed by atoms with E-state index in [0.29, 0.717) is 36.8 Å². The Balaban J connectivity index is 1.76. The van der Waals surface area contributed by atoms with Gasteiger partial charge in [0.1, 0.15) is 11.6 Å². The smallest absolute Gasteiger partial charge is 0.410 e. The number of nitrogens with one attached hydrogen (secondary N) is 1. The van der Waals surface area contributed by atoms with Crippen LogP contribution < -0.4 is 0 Å². The molecule has 0 bridgehead atoms. The van der Waals surface area contributed by atoms with Crippen molar-refractivity contribution < 1.29 is 19.4 Å². The number of carboxylic acid groups (broad SMARTS) is 1. The first-order valence-electron chi connectivity index (χ1n) is 8.87. The monoisotopic (exact) mass is 393 g/mol. The van der Waals surface area contributed by atoms with Crippen LogP contribution in [0.4, 0.5) is 4.79 Å². The molecule has 2 heterocycles. The standard InChI is InChI=1S/C19H24ClN3O4/c1-19(2,3)27-18(26)23-8-6-22(7-9-23)16(17(24)25)14-11-21-15-10-12(20)4-5-13(14)15/h4-5,10-11,16,21H,6-9H2,1-3H3,(H,24,25). The third-order valence-corrected chi connectivity index (χ3v) is 4.77. The fourth-order valence-corrected chi connectivity index (χ4v) is 3.49. The number of amides is 1. The van der Waals surface area contributed by atoms with Gasteiger partial charge < -0.3 is 19.7 Å². The summed E-state index contributed by atoms with van der Waals surface area (Å²) in [6, 6.07) is 4.57. The summed E-state index contributed by atoms with van der Waals surface area (Å²) in [6.45, 7) is 7.23. The Kier molecular flexibility index (Phi) is 5.35. The molecule has 1 aliphatic heterocycles. The number of aromatic nitrogens is 1. The van der Waals surface area contributed by atoms with Gasteiger partial charge in [0, 0.05) is 53.9 Å². The van der Waals surface area contributed by atoms with Gasteiger partial charge in [-0.2, -0.15) is 0 Å². The third-order valence-electron chi connectivity index (χ3n) is 4.54. The quantitative estimate of drug-likeness (QED) is 0.833. The van der Waals surface area contributed by atoms with Gasteiger partial charge in [0.15, 0.2) is 0 Å². The first-order valence-corrected chi connectivity index (χ1v) is 9.25. The predicted octanol–water partition coefficient (Wildman–Crippen LogP) is 3.50. The number of aromatic amines is 1. The number of hydrogen-bond donors (Lipinski definition) is 2. The maximum atomic E-state index is 12.2. The largest absolute Gasteiger partial charge is 0.480 e. The molecule has 0 aliphatic carbocycles. The Bertz CT molecular complexity index is 850. The van der Waals surface area contributed by atoms with Crippen molar-refractivity contribution in [3.05, 3.63) is 35.0 Å². The van der Waals surface area contributed by atoms with Crippen LogP contribution in [0.5, 0.6) is 0 Å². The first-order chi connectivity index (χ1) is 12.7. The molecule has 2 N–H and O–H groups in total. The second-order valence-electron chi connectivity index (χ2n) is 7.68. The van der Waals surface area contributed by atoms with Gasteiger partial charge in [-0.05, 0) is 32.9 Å². The normalized spacial score (nSPS) is 17.1. The van der Waals surface area contributed by atoms with Crippen molar-refractivity contribution in [2.45, 2.75) is 32.4 Å². The summed E-state index contributed by atoms with van der Waals surface area (Å²) in [6.07, 6.45) is 1.36. The van der Waals surface area contributed by atoms with Crippen molar-refractivity contribution in [2.75, 3.05) is 26.2 Å². The molecule has 3 rings (SSSR count). The molecule has 1 aliphatic rings. The molecule has 1 fully saturated rings. The van der Waals surface area contributed by atoms with Gasteiger partial charge in [0.2, 0.25) is 0 Å². The fourth-order valence-electron chi connectivity index (χ4n) is 3.32. The lowest BCUT2D eigenvalue weighted by molar-refractivity contribution is -0.144. The van der Waals surface area contributed by atoms with E-state index < -0.39 is 17.6 Å². The summed E-state index contributed by atoms with van der Waals surface area (Å²) < 4.78 is 5.40. The minimum absolute atomic E-state index is 0.365. The summed E-state index contributed by atoms with van der Waals surface area (Å²) in [5.41, 5.74) is 0.944. The summed E-state index contributed by atoms with van der Waals surface area (Å²) >= 11 is 6.01. The van der Waals surface area contributed by atoms with Gasteiger partial charge in [-0.3, -0.25) is 9.69 Å². The molecule has 27 heavy (non-hydrogen) atoms. The third kappa shape index (κ3) is 4.36. The van der Waals surface area contributed by atoms with Gasteiger partial charge in [-0.25, -0.2) is 4.79 Å². The lowest BCUT2D eigenvalue weighted by Crippen LogP contribution is -2.51. The number of H-pyrrole nitrogens is 1. The Hall–Kier alpha value is -2.25. The van der Waals surface area contributed by atoms with Crippen molar-refractivity contribution in [1.82, 2.24) is 14.8 Å². The van der Waals surface area contributed by atoms with E-state index in [2.05, 4.69) is 4.98 Å². The highest BCUT2D eigenvalue weighted by Gasteiger charge is 2.34. The molecule has 146 valence electrons. The van der Waals surface area contributed by atoms with E-state index in [0.717, 1.165) is 10.9 Å². The van der Waals surface area contributed by atoms with Crippen molar-refractivity contribution in [2.24, 2.45) is 0 Å². The van der Waals surface area contributed by atoms with Crippen LogP contribution in [0.2, 0.25) is 5.02 Å². The first kappa shape index (κ1) is 19.5. The van der Waals surface area contributed by atoms with Crippen LogP contribution in [0.3, 0.4) is 0 Å². The van der Waals surface area contributed by atoms with Crippen molar-refractivity contribution in [1.29, 1.82) is 0 Å². The zero-order valence-corrected chi connectivity index (χ0v) is 16.4. The van der Waals surface area contributed by atoms with Crippen molar-refractivity contribution in [3.63, 3.8) is 0 Å². The number of carbonyl (C=O) groups is 2. The highest BCUT2D eigenvalue weighted by molar-refractivity contribution is 6.31. The van der Waals surface area contributed by atoms with E-state index >= 15 is 0 Å². The van der Waals surface area contributed by atoms with Crippen LogP contribution in [0.15, 0.2) is 24.4 Å². The van der Waals surface area contributed by atoms with E-state index in [1.807, 2.05) is 31.7 Å². The predicted molar refractivity (Wildman–Crippen MR) is 103 cm³/mol. The SMILES string of the molecule is CC(C)(C)OC(=O)N1CCN(C(C(=O)O)c2c[nH]c3cc(Cl)ccc23)CC1. The van der Waals surface area contributed by atoms with Gasteiger partial charge in [-0.15, -0.1) is 0 Å². The summed E-state index contributed by atoms with van der Waals surface area (Å²) in [5, 5.41) is 11.3. The maximum absolute atomic E-state index is 12.2. The van der Waals surface area contributed by atoms with E-state index in [-0.39, 0.29) is 6.09 Å². The zero-order chi connectivity index (χ0) is 19.8. The number of ether oxygens (including phenoxy) is 1. The molecule has 2 aromatic rings. The lowest BCUT2D eigenvalue weighted by Gasteiger charge is -2.38. The Labute approximate surface area is 162 Å². The van der Waals surface area contributed by atoms with Crippen LogP contribution >= 0.6 is 11.6 Å². The number of hydrogen-bond acceptors (Lipinski definition) is 4. The number of benzene rings is 1. The molecule has 0 spiro atoms. The average molecular weight is 394 g/mol. The van der Waals surface area contributed by atoms with Crippen LogP contribution in [-0.4, -0.2) is 63.7 Å². The number of halogens is 1. The molecule has 0 saturated carbocycles. The molecule has 8 heteroatoms. The van der Waals surface area contributed by atoms with E-state index in [1.54, 1.807) is 23.2 Å². The zero-order valence-electron chi connectivity index (χ0n) is 15.7. The van der Waals surface area contributed by atoms with Gasteiger partial charge >= 0.3 is 12.1 Å². The molecular weight excluding hydrogens is 370 g/mol. The van der Waals surface area contributed by atoms with E-state index in [9.17, 15) is 14.7 Å². The minimum Gasteiger partial charge on any atom is -0.480 e. The molecule has 1 amide bonds. The number of carboxylic acids is 1. The highest BCUT2D eigenvalue weighted by Crippen LogP contribution is 2.31. The Morgan fingerprint density at radius 3 is 2.48 bits per heavy atom. The molecule has 1 saturated heterocycles. The van der Waals surface area contributed by atoms with Crippen LogP contribution in [-0.2, 0) is 9.53 Å². The molecule has 0 radical (unpaired) electrons. The van der Waals surface area contributed by atoms with Gasteiger partial charge in [0.05, 0.1) is 0 Å². The lowest BCUT2D eigenvalue weighted by atomic mass is 10.0. The van der Waals surface area contributed by atoms with Gasteiger partial charge in [0.25, 0.3) is 0 Å². The topological polar surface area (TPSA) is 85.9 Å². The summed E-state index contributed by atoms with van der Waals surface area (Å²) in [4.78, 5) is 30.8.